The van der Waals surface area contributed by atoms with E-state index in [1.165, 1.54) is 0 Å². The van der Waals surface area contributed by atoms with Crippen molar-refractivity contribution in [2.75, 3.05) is 45.1 Å². The van der Waals surface area contributed by atoms with E-state index in [1.807, 2.05) is 17.9 Å². The van der Waals surface area contributed by atoms with Crippen molar-refractivity contribution in [3.63, 3.8) is 0 Å². The summed E-state index contributed by atoms with van der Waals surface area (Å²) in [6.07, 6.45) is 3.77. The molecule has 1 aromatic heterocycles. The van der Waals surface area contributed by atoms with Gasteiger partial charge in [-0.15, -0.1) is 0 Å². The first-order chi connectivity index (χ1) is 10.1. The van der Waals surface area contributed by atoms with Crippen molar-refractivity contribution in [3.8, 4) is 0 Å². The van der Waals surface area contributed by atoms with Gasteiger partial charge in [0.15, 0.2) is 0 Å². The highest BCUT2D eigenvalue weighted by atomic mass is 16.2. The Morgan fingerprint density at radius 3 is 2.90 bits per heavy atom. The lowest BCUT2D eigenvalue weighted by Gasteiger charge is -2.22. The molecule has 1 N–H and O–H groups in total. The Morgan fingerprint density at radius 1 is 1.33 bits per heavy atom. The highest BCUT2D eigenvalue weighted by molar-refractivity contribution is 5.99. The maximum atomic E-state index is 12.8. The molecular formula is C16H26N4O. The minimum Gasteiger partial charge on any atom is -0.384 e. The number of aryl methyl sites for hydroxylation is 1. The van der Waals surface area contributed by atoms with Gasteiger partial charge >= 0.3 is 0 Å². The van der Waals surface area contributed by atoms with Crippen molar-refractivity contribution in [3.05, 3.63) is 23.5 Å². The van der Waals surface area contributed by atoms with Gasteiger partial charge in [-0.1, -0.05) is 6.92 Å². The molecule has 0 saturated carbocycles. The number of pyridine rings is 1. The molecule has 5 nitrogen and oxygen atoms in total. The van der Waals surface area contributed by atoms with Crippen molar-refractivity contribution in [2.45, 2.75) is 26.7 Å². The molecule has 1 amide bonds. The summed E-state index contributed by atoms with van der Waals surface area (Å²) in [7, 11) is 2.11. The third-order valence-electron chi connectivity index (χ3n) is 3.84. The van der Waals surface area contributed by atoms with Gasteiger partial charge < -0.3 is 15.1 Å². The van der Waals surface area contributed by atoms with Crippen LogP contribution in [0.5, 0.6) is 0 Å². The molecule has 2 rings (SSSR count). The number of hydrogen-bond donors (Lipinski definition) is 1. The van der Waals surface area contributed by atoms with E-state index in [1.54, 1.807) is 6.20 Å². The SMILES string of the molecule is CCCNc1cc(C)ncc1C(=O)N1CCCN(C)CC1. The maximum Gasteiger partial charge on any atom is 0.257 e. The van der Waals surface area contributed by atoms with E-state index < -0.39 is 0 Å². The Kier molecular flexibility index (Phi) is 5.56. The molecule has 0 aliphatic carbocycles. The summed E-state index contributed by atoms with van der Waals surface area (Å²) in [5.74, 6) is 0.0939. The smallest absolute Gasteiger partial charge is 0.257 e. The molecule has 0 unspecified atom stereocenters. The molecule has 1 fully saturated rings. The minimum atomic E-state index is 0.0939. The lowest BCUT2D eigenvalue weighted by atomic mass is 10.1. The highest BCUT2D eigenvalue weighted by Crippen LogP contribution is 2.19. The molecular weight excluding hydrogens is 264 g/mol. The summed E-state index contributed by atoms with van der Waals surface area (Å²) in [6, 6.07) is 1.97. The molecule has 0 radical (unpaired) electrons. The highest BCUT2D eigenvalue weighted by Gasteiger charge is 2.21. The van der Waals surface area contributed by atoms with Gasteiger partial charge in [0.25, 0.3) is 5.91 Å². The second kappa shape index (κ2) is 7.41. The van der Waals surface area contributed by atoms with Crippen molar-refractivity contribution >= 4 is 11.6 Å². The van der Waals surface area contributed by atoms with E-state index in [4.69, 9.17) is 0 Å². The van der Waals surface area contributed by atoms with E-state index in [0.717, 1.165) is 56.9 Å². The largest absolute Gasteiger partial charge is 0.384 e. The van der Waals surface area contributed by atoms with Crippen LogP contribution in [0.15, 0.2) is 12.3 Å². The van der Waals surface area contributed by atoms with Gasteiger partial charge in [0, 0.05) is 38.1 Å². The van der Waals surface area contributed by atoms with Gasteiger partial charge in [0.05, 0.1) is 11.3 Å². The third-order valence-corrected chi connectivity index (χ3v) is 3.84. The van der Waals surface area contributed by atoms with Crippen LogP contribution in [0, 0.1) is 6.92 Å². The fraction of sp³-hybridized carbons (Fsp3) is 0.625. The fourth-order valence-corrected chi connectivity index (χ4v) is 2.56. The van der Waals surface area contributed by atoms with E-state index in [9.17, 15) is 4.79 Å². The molecule has 1 saturated heterocycles. The average molecular weight is 290 g/mol. The van der Waals surface area contributed by atoms with Crippen molar-refractivity contribution in [1.29, 1.82) is 0 Å². The Balaban J connectivity index is 2.17. The second-order valence-electron chi connectivity index (χ2n) is 5.75. The number of rotatable bonds is 4. The first-order valence-electron chi connectivity index (χ1n) is 7.80. The number of amides is 1. The van der Waals surface area contributed by atoms with Crippen molar-refractivity contribution < 1.29 is 4.79 Å². The zero-order valence-corrected chi connectivity index (χ0v) is 13.4. The number of carbonyl (C=O) groups is 1. The molecule has 0 aromatic carbocycles. The lowest BCUT2D eigenvalue weighted by molar-refractivity contribution is 0.0763. The summed E-state index contributed by atoms with van der Waals surface area (Å²) in [5.41, 5.74) is 2.53. The van der Waals surface area contributed by atoms with Gasteiger partial charge in [-0.25, -0.2) is 0 Å². The molecule has 0 atom stereocenters. The number of nitrogens with zero attached hydrogens (tertiary/aromatic N) is 3. The van der Waals surface area contributed by atoms with Crippen LogP contribution in [0.4, 0.5) is 5.69 Å². The number of likely N-dealkylation sites (N-methyl/N-ethyl adjacent to an activating group) is 1. The zero-order valence-electron chi connectivity index (χ0n) is 13.4. The first kappa shape index (κ1) is 15.8. The number of aromatic nitrogens is 1. The molecule has 5 heteroatoms. The summed E-state index contributed by atoms with van der Waals surface area (Å²) >= 11 is 0. The van der Waals surface area contributed by atoms with Gasteiger partial charge in [-0.3, -0.25) is 9.78 Å². The van der Waals surface area contributed by atoms with Gasteiger partial charge in [0.2, 0.25) is 0 Å². The lowest BCUT2D eigenvalue weighted by Crippen LogP contribution is -2.35. The van der Waals surface area contributed by atoms with Crippen LogP contribution >= 0.6 is 0 Å². The molecule has 2 heterocycles. The first-order valence-corrected chi connectivity index (χ1v) is 7.80. The molecule has 0 bridgehead atoms. The summed E-state index contributed by atoms with van der Waals surface area (Å²) in [6.45, 7) is 8.53. The average Bonchev–Trinajstić information content (AvgIpc) is 2.69. The van der Waals surface area contributed by atoms with E-state index in [2.05, 4.69) is 29.2 Å². The number of hydrogen-bond acceptors (Lipinski definition) is 4. The van der Waals surface area contributed by atoms with Crippen molar-refractivity contribution in [1.82, 2.24) is 14.8 Å². The zero-order chi connectivity index (χ0) is 15.2. The summed E-state index contributed by atoms with van der Waals surface area (Å²) in [4.78, 5) is 21.3. The van der Waals surface area contributed by atoms with E-state index >= 15 is 0 Å². The normalized spacial score (nSPS) is 16.6. The summed E-state index contributed by atoms with van der Waals surface area (Å²) in [5, 5.41) is 3.35. The number of carbonyl (C=O) groups excluding carboxylic acids is 1. The predicted octanol–water partition coefficient (Wildman–Crippen LogP) is 1.99. The van der Waals surface area contributed by atoms with Crippen molar-refractivity contribution in [2.24, 2.45) is 0 Å². The van der Waals surface area contributed by atoms with Gasteiger partial charge in [-0.2, -0.15) is 0 Å². The van der Waals surface area contributed by atoms with E-state index in [-0.39, 0.29) is 5.91 Å². The topological polar surface area (TPSA) is 48.5 Å². The molecule has 0 spiro atoms. The third kappa shape index (κ3) is 4.17. The predicted molar refractivity (Wildman–Crippen MR) is 85.8 cm³/mol. The molecule has 1 aliphatic rings. The van der Waals surface area contributed by atoms with Gasteiger partial charge in [-0.05, 0) is 39.4 Å². The molecule has 21 heavy (non-hydrogen) atoms. The molecule has 1 aliphatic heterocycles. The maximum absolute atomic E-state index is 12.8. The fourth-order valence-electron chi connectivity index (χ4n) is 2.56. The minimum absolute atomic E-state index is 0.0939. The Labute approximate surface area is 127 Å². The number of anilines is 1. The van der Waals surface area contributed by atoms with E-state index in [0.29, 0.717) is 5.56 Å². The van der Waals surface area contributed by atoms with Crippen LogP contribution in [-0.2, 0) is 0 Å². The van der Waals surface area contributed by atoms with Crippen LogP contribution in [0.25, 0.3) is 0 Å². The van der Waals surface area contributed by atoms with Crippen LogP contribution in [0.2, 0.25) is 0 Å². The monoisotopic (exact) mass is 290 g/mol. The summed E-state index contributed by atoms with van der Waals surface area (Å²) < 4.78 is 0. The van der Waals surface area contributed by atoms with Crippen LogP contribution in [0.1, 0.15) is 35.8 Å². The quantitative estimate of drug-likeness (QED) is 0.921. The number of nitrogens with one attached hydrogen (secondary N) is 1. The van der Waals surface area contributed by atoms with Crippen LogP contribution in [-0.4, -0.2) is 60.5 Å². The van der Waals surface area contributed by atoms with Crippen LogP contribution < -0.4 is 5.32 Å². The Bertz CT molecular complexity index is 489. The Hall–Kier alpha value is -1.62. The second-order valence-corrected chi connectivity index (χ2v) is 5.75. The molecule has 1 aromatic rings. The standard InChI is InChI=1S/C16H26N4O/c1-4-6-17-15-11-13(2)18-12-14(15)16(21)20-8-5-7-19(3)9-10-20/h11-12H,4-10H2,1-3H3,(H,17,18). The van der Waals surface area contributed by atoms with Gasteiger partial charge in [0.1, 0.15) is 0 Å². The van der Waals surface area contributed by atoms with Crippen LogP contribution in [0.3, 0.4) is 0 Å². The molecule has 116 valence electrons. The Morgan fingerprint density at radius 2 is 2.14 bits per heavy atom.